The molecule has 0 aliphatic rings. The van der Waals surface area contributed by atoms with Gasteiger partial charge < -0.3 is 11.1 Å². The van der Waals surface area contributed by atoms with E-state index in [0.717, 1.165) is 46.0 Å². The molecule has 0 fully saturated rings. The molecule has 0 bridgehead atoms. The van der Waals surface area contributed by atoms with E-state index >= 15 is 0 Å². The average molecular weight is 297 g/mol. The molecule has 3 N–H and O–H groups in total. The molecule has 1 aromatic heterocycles. The Labute approximate surface area is 128 Å². The fourth-order valence-electron chi connectivity index (χ4n) is 2.42. The summed E-state index contributed by atoms with van der Waals surface area (Å²) in [6.45, 7) is 2.93. The van der Waals surface area contributed by atoms with Gasteiger partial charge in [0.25, 0.3) is 0 Å². The molecule has 0 saturated heterocycles. The van der Waals surface area contributed by atoms with Gasteiger partial charge in [0.2, 0.25) is 0 Å². The minimum atomic E-state index is 0.797. The van der Waals surface area contributed by atoms with Crippen molar-refractivity contribution in [3.8, 4) is 0 Å². The van der Waals surface area contributed by atoms with Crippen LogP contribution in [-0.2, 0) is 6.42 Å². The van der Waals surface area contributed by atoms with Crippen LogP contribution < -0.4 is 11.1 Å². The number of anilines is 2. The van der Waals surface area contributed by atoms with Crippen LogP contribution in [0.2, 0.25) is 0 Å². The molecule has 3 rings (SSSR count). The SMILES string of the molecule is Cc1nc2cc(NCCCc3ccccc3)c(N)cc2s1. The van der Waals surface area contributed by atoms with Crippen molar-refractivity contribution in [1.82, 2.24) is 4.98 Å². The van der Waals surface area contributed by atoms with Gasteiger partial charge in [0, 0.05) is 6.54 Å². The Hall–Kier alpha value is -2.07. The molecule has 0 spiro atoms. The third kappa shape index (κ3) is 3.34. The number of thiazole rings is 1. The first-order chi connectivity index (χ1) is 10.2. The van der Waals surface area contributed by atoms with Crippen LogP contribution in [0.4, 0.5) is 11.4 Å². The molecular formula is C17H19N3S. The lowest BCUT2D eigenvalue weighted by Crippen LogP contribution is -2.05. The van der Waals surface area contributed by atoms with Crippen molar-refractivity contribution in [3.63, 3.8) is 0 Å². The number of rotatable bonds is 5. The maximum Gasteiger partial charge on any atom is 0.0907 e. The van der Waals surface area contributed by atoms with Crippen LogP contribution in [0.1, 0.15) is 17.0 Å². The molecule has 0 amide bonds. The number of nitrogens with zero attached hydrogens (tertiary/aromatic N) is 1. The van der Waals surface area contributed by atoms with Gasteiger partial charge in [-0.05, 0) is 37.5 Å². The zero-order valence-corrected chi connectivity index (χ0v) is 12.9. The standard InChI is InChI=1S/C17H19N3S/c1-12-20-16-11-15(14(18)10-17(16)21-12)19-9-5-8-13-6-3-2-4-7-13/h2-4,6-7,10-11,19H,5,8-9,18H2,1H3. The zero-order chi connectivity index (χ0) is 14.7. The molecule has 2 aromatic carbocycles. The van der Waals surface area contributed by atoms with E-state index in [0.29, 0.717) is 0 Å². The second-order valence-corrected chi connectivity index (χ2v) is 6.39. The molecule has 0 aliphatic heterocycles. The lowest BCUT2D eigenvalue weighted by atomic mass is 10.1. The third-order valence-electron chi connectivity index (χ3n) is 3.47. The number of aromatic nitrogens is 1. The van der Waals surface area contributed by atoms with Gasteiger partial charge in [0.15, 0.2) is 0 Å². The number of hydrogen-bond donors (Lipinski definition) is 2. The number of fused-ring (bicyclic) bond motifs is 1. The number of nitrogen functional groups attached to an aromatic ring is 1. The second kappa shape index (κ2) is 6.14. The van der Waals surface area contributed by atoms with Crippen molar-refractivity contribution in [2.75, 3.05) is 17.6 Å². The molecule has 0 atom stereocenters. The molecule has 0 saturated carbocycles. The summed E-state index contributed by atoms with van der Waals surface area (Å²) in [6.07, 6.45) is 2.16. The van der Waals surface area contributed by atoms with Crippen molar-refractivity contribution in [3.05, 3.63) is 53.0 Å². The highest BCUT2D eigenvalue weighted by atomic mass is 32.1. The largest absolute Gasteiger partial charge is 0.397 e. The molecule has 1 heterocycles. The van der Waals surface area contributed by atoms with E-state index in [-0.39, 0.29) is 0 Å². The summed E-state index contributed by atoms with van der Waals surface area (Å²) in [5.41, 5.74) is 10.3. The minimum Gasteiger partial charge on any atom is -0.397 e. The highest BCUT2D eigenvalue weighted by Gasteiger charge is 2.05. The van der Waals surface area contributed by atoms with E-state index in [1.807, 2.05) is 19.1 Å². The van der Waals surface area contributed by atoms with Crippen LogP contribution in [0.5, 0.6) is 0 Å². The van der Waals surface area contributed by atoms with Gasteiger partial charge >= 0.3 is 0 Å². The highest BCUT2D eigenvalue weighted by Crippen LogP contribution is 2.29. The monoisotopic (exact) mass is 297 g/mol. The summed E-state index contributed by atoms with van der Waals surface area (Å²) in [4.78, 5) is 4.51. The van der Waals surface area contributed by atoms with Gasteiger partial charge in [0.1, 0.15) is 0 Å². The fraction of sp³-hybridized carbons (Fsp3) is 0.235. The van der Waals surface area contributed by atoms with Gasteiger partial charge in [-0.3, -0.25) is 0 Å². The van der Waals surface area contributed by atoms with Crippen LogP contribution in [0.3, 0.4) is 0 Å². The maximum absolute atomic E-state index is 6.11. The normalized spacial score (nSPS) is 10.9. The van der Waals surface area contributed by atoms with E-state index in [1.54, 1.807) is 11.3 Å². The molecular weight excluding hydrogens is 278 g/mol. The van der Waals surface area contributed by atoms with E-state index < -0.39 is 0 Å². The number of hydrogen-bond acceptors (Lipinski definition) is 4. The Morgan fingerprint density at radius 1 is 1.19 bits per heavy atom. The van der Waals surface area contributed by atoms with Crippen molar-refractivity contribution in [2.24, 2.45) is 0 Å². The zero-order valence-electron chi connectivity index (χ0n) is 12.1. The molecule has 21 heavy (non-hydrogen) atoms. The predicted molar refractivity (Wildman–Crippen MR) is 92.0 cm³/mol. The predicted octanol–water partition coefficient (Wildman–Crippen LogP) is 4.23. The van der Waals surface area contributed by atoms with Crippen molar-refractivity contribution in [1.29, 1.82) is 0 Å². The van der Waals surface area contributed by atoms with Gasteiger partial charge in [-0.25, -0.2) is 4.98 Å². The molecule has 0 aliphatic carbocycles. The van der Waals surface area contributed by atoms with Crippen molar-refractivity contribution in [2.45, 2.75) is 19.8 Å². The topological polar surface area (TPSA) is 50.9 Å². The average Bonchev–Trinajstić information content (AvgIpc) is 2.83. The first kappa shape index (κ1) is 13.9. The number of benzene rings is 2. The Balaban J connectivity index is 1.61. The van der Waals surface area contributed by atoms with Crippen LogP contribution in [0, 0.1) is 6.92 Å². The highest BCUT2D eigenvalue weighted by molar-refractivity contribution is 7.18. The smallest absolute Gasteiger partial charge is 0.0907 e. The van der Waals surface area contributed by atoms with Crippen molar-refractivity contribution < 1.29 is 0 Å². The van der Waals surface area contributed by atoms with Gasteiger partial charge in [-0.15, -0.1) is 11.3 Å². The summed E-state index contributed by atoms with van der Waals surface area (Å²) in [6, 6.07) is 14.6. The Morgan fingerprint density at radius 3 is 2.81 bits per heavy atom. The van der Waals surface area contributed by atoms with Gasteiger partial charge in [0.05, 0.1) is 26.6 Å². The first-order valence-electron chi connectivity index (χ1n) is 7.17. The van der Waals surface area contributed by atoms with Crippen LogP contribution in [0.25, 0.3) is 10.2 Å². The van der Waals surface area contributed by atoms with Crippen LogP contribution >= 0.6 is 11.3 Å². The van der Waals surface area contributed by atoms with E-state index in [1.165, 1.54) is 5.56 Å². The van der Waals surface area contributed by atoms with E-state index in [4.69, 9.17) is 5.73 Å². The maximum atomic E-state index is 6.11. The minimum absolute atomic E-state index is 0.797. The molecule has 0 unspecified atom stereocenters. The lowest BCUT2D eigenvalue weighted by molar-refractivity contribution is 0.863. The Kier molecular flexibility index (Phi) is 4.06. The fourth-order valence-corrected chi connectivity index (χ4v) is 3.28. The number of nitrogens with one attached hydrogen (secondary N) is 1. The summed E-state index contributed by atoms with van der Waals surface area (Å²) >= 11 is 1.68. The quantitative estimate of drug-likeness (QED) is 0.547. The molecule has 3 aromatic rings. The summed E-state index contributed by atoms with van der Waals surface area (Å²) in [5.74, 6) is 0. The lowest BCUT2D eigenvalue weighted by Gasteiger charge is -2.09. The first-order valence-corrected chi connectivity index (χ1v) is 7.98. The summed E-state index contributed by atoms with van der Waals surface area (Å²) < 4.78 is 1.15. The Morgan fingerprint density at radius 2 is 2.00 bits per heavy atom. The van der Waals surface area contributed by atoms with Gasteiger partial charge in [-0.2, -0.15) is 0 Å². The van der Waals surface area contributed by atoms with Crippen molar-refractivity contribution >= 4 is 32.9 Å². The van der Waals surface area contributed by atoms with Gasteiger partial charge in [-0.1, -0.05) is 30.3 Å². The summed E-state index contributed by atoms with van der Waals surface area (Å²) in [5, 5.41) is 4.50. The van der Waals surface area contributed by atoms with Crippen LogP contribution in [-0.4, -0.2) is 11.5 Å². The molecule has 3 nitrogen and oxygen atoms in total. The van der Waals surface area contributed by atoms with E-state index in [2.05, 4.69) is 40.6 Å². The Bertz CT molecular complexity index is 734. The summed E-state index contributed by atoms with van der Waals surface area (Å²) in [7, 11) is 0. The molecule has 4 heteroatoms. The van der Waals surface area contributed by atoms with E-state index in [9.17, 15) is 0 Å². The molecule has 0 radical (unpaired) electrons. The second-order valence-electron chi connectivity index (χ2n) is 5.16. The number of aryl methyl sites for hydroxylation is 2. The third-order valence-corrected chi connectivity index (χ3v) is 4.40. The number of nitrogens with two attached hydrogens (primary N) is 1. The molecule has 108 valence electrons. The van der Waals surface area contributed by atoms with Crippen LogP contribution in [0.15, 0.2) is 42.5 Å².